The maximum absolute atomic E-state index is 5.71. The van der Waals surface area contributed by atoms with E-state index >= 15 is 0 Å². The number of hydrogen-bond donors (Lipinski definition) is 1. The minimum Gasteiger partial charge on any atom is -0.487 e. The molecule has 1 unspecified atom stereocenters. The van der Waals surface area contributed by atoms with Gasteiger partial charge in [0.2, 0.25) is 0 Å². The molecule has 0 fully saturated rings. The van der Waals surface area contributed by atoms with Crippen LogP contribution in [0.2, 0.25) is 0 Å². The maximum atomic E-state index is 5.71. The lowest BCUT2D eigenvalue weighted by Crippen LogP contribution is -2.10. The van der Waals surface area contributed by atoms with E-state index in [0.29, 0.717) is 0 Å². The van der Waals surface area contributed by atoms with Gasteiger partial charge in [0.15, 0.2) is 6.10 Å². The smallest absolute Gasteiger partial charge is 0.163 e. The summed E-state index contributed by atoms with van der Waals surface area (Å²) in [4.78, 5) is 3.46. The van der Waals surface area contributed by atoms with Crippen molar-refractivity contribution in [2.24, 2.45) is 0 Å². The van der Waals surface area contributed by atoms with E-state index in [-0.39, 0.29) is 6.10 Å². The van der Waals surface area contributed by atoms with Gasteiger partial charge in [-0.3, -0.25) is 0 Å². The van der Waals surface area contributed by atoms with Crippen molar-refractivity contribution in [1.29, 1.82) is 0 Å². The number of para-hydroxylation sites is 1. The van der Waals surface area contributed by atoms with Gasteiger partial charge in [-0.05, 0) is 17.7 Å². The molecule has 0 bridgehead atoms. The summed E-state index contributed by atoms with van der Waals surface area (Å²) in [5.74, 6) is 0. The highest BCUT2D eigenvalue weighted by molar-refractivity contribution is 5.92. The molecule has 1 aliphatic heterocycles. The SMILES string of the molecule is C1=COC2C(=C1)C=Cc1c2[nH]c2ccccc12. The van der Waals surface area contributed by atoms with E-state index in [1.807, 2.05) is 12.1 Å². The van der Waals surface area contributed by atoms with Crippen LogP contribution >= 0.6 is 0 Å². The lowest BCUT2D eigenvalue weighted by molar-refractivity contribution is 0.174. The number of aromatic nitrogens is 1. The van der Waals surface area contributed by atoms with Gasteiger partial charge in [0, 0.05) is 16.5 Å². The number of hydrogen-bond acceptors (Lipinski definition) is 1. The fraction of sp³-hybridized carbons (Fsp3) is 0.0667. The van der Waals surface area contributed by atoms with E-state index in [4.69, 9.17) is 4.74 Å². The molecule has 2 nitrogen and oxygen atoms in total. The Kier molecular flexibility index (Phi) is 1.64. The van der Waals surface area contributed by atoms with Crippen LogP contribution < -0.4 is 0 Å². The summed E-state index contributed by atoms with van der Waals surface area (Å²) in [6, 6.07) is 8.36. The second-order valence-electron chi connectivity index (χ2n) is 4.34. The first kappa shape index (κ1) is 8.88. The fourth-order valence-corrected chi connectivity index (χ4v) is 2.57. The van der Waals surface area contributed by atoms with Crippen LogP contribution in [0.4, 0.5) is 0 Å². The van der Waals surface area contributed by atoms with Gasteiger partial charge < -0.3 is 9.72 Å². The largest absolute Gasteiger partial charge is 0.487 e. The number of H-pyrrole nitrogens is 1. The van der Waals surface area contributed by atoms with Gasteiger partial charge in [-0.2, -0.15) is 0 Å². The molecule has 17 heavy (non-hydrogen) atoms. The minimum atomic E-state index is 0.0207. The van der Waals surface area contributed by atoms with Crippen LogP contribution in [-0.4, -0.2) is 4.98 Å². The van der Waals surface area contributed by atoms with Gasteiger partial charge in [0.05, 0.1) is 12.0 Å². The average Bonchev–Trinajstić information content (AvgIpc) is 2.78. The normalized spacial score (nSPS) is 20.7. The molecule has 1 aromatic heterocycles. The molecule has 2 heterocycles. The number of ether oxygens (including phenoxy) is 1. The first-order valence-corrected chi connectivity index (χ1v) is 5.74. The zero-order chi connectivity index (χ0) is 11.2. The second-order valence-corrected chi connectivity index (χ2v) is 4.34. The van der Waals surface area contributed by atoms with Crippen molar-refractivity contribution in [3.8, 4) is 0 Å². The van der Waals surface area contributed by atoms with Crippen molar-refractivity contribution in [2.45, 2.75) is 6.10 Å². The van der Waals surface area contributed by atoms with Crippen LogP contribution in [0.15, 0.2) is 54.3 Å². The standard InChI is InChI=1S/C15H11NO/c1-2-6-13-11(5-1)12-8-7-10-4-3-9-17-15(10)14(12)16-13/h1-9,15-16H. The van der Waals surface area contributed by atoms with Crippen molar-refractivity contribution in [3.05, 3.63) is 65.6 Å². The molecule has 0 amide bonds. The first-order valence-electron chi connectivity index (χ1n) is 5.74. The van der Waals surface area contributed by atoms with Crippen molar-refractivity contribution >= 4 is 17.0 Å². The third kappa shape index (κ3) is 1.15. The summed E-state index contributed by atoms with van der Waals surface area (Å²) >= 11 is 0. The Morgan fingerprint density at radius 1 is 1.12 bits per heavy atom. The third-order valence-corrected chi connectivity index (χ3v) is 3.37. The molecule has 1 aromatic carbocycles. The van der Waals surface area contributed by atoms with Crippen LogP contribution in [0.1, 0.15) is 17.4 Å². The number of fused-ring (bicyclic) bond motifs is 5. The predicted molar refractivity (Wildman–Crippen MR) is 68.4 cm³/mol. The monoisotopic (exact) mass is 221 g/mol. The van der Waals surface area contributed by atoms with Gasteiger partial charge in [0.25, 0.3) is 0 Å². The van der Waals surface area contributed by atoms with E-state index in [0.717, 1.165) is 5.69 Å². The summed E-state index contributed by atoms with van der Waals surface area (Å²) in [6.45, 7) is 0. The highest BCUT2D eigenvalue weighted by Gasteiger charge is 2.26. The fourth-order valence-electron chi connectivity index (χ4n) is 2.57. The minimum absolute atomic E-state index is 0.0207. The van der Waals surface area contributed by atoms with Gasteiger partial charge in [-0.25, -0.2) is 0 Å². The predicted octanol–water partition coefficient (Wildman–Crippen LogP) is 3.71. The zero-order valence-electron chi connectivity index (χ0n) is 9.18. The highest BCUT2D eigenvalue weighted by Crippen LogP contribution is 2.39. The van der Waals surface area contributed by atoms with Crippen molar-refractivity contribution < 1.29 is 4.74 Å². The Labute approximate surface area is 98.9 Å². The van der Waals surface area contributed by atoms with Gasteiger partial charge in [0.1, 0.15) is 0 Å². The Morgan fingerprint density at radius 3 is 3.06 bits per heavy atom. The molecule has 1 atom stereocenters. The van der Waals surface area contributed by atoms with Crippen molar-refractivity contribution in [2.75, 3.05) is 0 Å². The number of aromatic amines is 1. The molecular formula is C15H11NO. The van der Waals surface area contributed by atoms with Crippen LogP contribution in [0.5, 0.6) is 0 Å². The first-order chi connectivity index (χ1) is 8.43. The molecule has 82 valence electrons. The quantitative estimate of drug-likeness (QED) is 0.720. The number of nitrogens with one attached hydrogen (secondary N) is 1. The Hall–Kier alpha value is -2.22. The number of allylic oxidation sites excluding steroid dienone is 2. The summed E-state index contributed by atoms with van der Waals surface area (Å²) in [5.41, 5.74) is 4.77. The second kappa shape index (κ2) is 3.14. The topological polar surface area (TPSA) is 25.0 Å². The molecular weight excluding hydrogens is 210 g/mol. The Morgan fingerprint density at radius 2 is 2.06 bits per heavy atom. The molecule has 0 saturated carbocycles. The average molecular weight is 221 g/mol. The van der Waals surface area contributed by atoms with E-state index in [1.54, 1.807) is 6.26 Å². The zero-order valence-corrected chi connectivity index (χ0v) is 9.18. The summed E-state index contributed by atoms with van der Waals surface area (Å²) < 4.78 is 5.71. The Bertz CT molecular complexity index is 688. The molecule has 1 aliphatic carbocycles. The molecule has 2 aromatic rings. The molecule has 0 saturated heterocycles. The highest BCUT2D eigenvalue weighted by atomic mass is 16.5. The van der Waals surface area contributed by atoms with Gasteiger partial charge >= 0.3 is 0 Å². The van der Waals surface area contributed by atoms with Gasteiger partial charge in [-0.1, -0.05) is 36.4 Å². The van der Waals surface area contributed by atoms with Crippen molar-refractivity contribution in [1.82, 2.24) is 4.98 Å². The summed E-state index contributed by atoms with van der Waals surface area (Å²) in [7, 11) is 0. The van der Waals surface area contributed by atoms with E-state index in [2.05, 4.69) is 41.4 Å². The van der Waals surface area contributed by atoms with Crippen LogP contribution in [0.3, 0.4) is 0 Å². The van der Waals surface area contributed by atoms with Crippen LogP contribution in [-0.2, 0) is 4.74 Å². The molecule has 0 spiro atoms. The molecule has 1 N–H and O–H groups in total. The molecule has 0 radical (unpaired) electrons. The number of rotatable bonds is 0. The lowest BCUT2D eigenvalue weighted by Gasteiger charge is -2.23. The third-order valence-electron chi connectivity index (χ3n) is 3.37. The number of benzene rings is 1. The molecule has 2 heteroatoms. The van der Waals surface area contributed by atoms with E-state index < -0.39 is 0 Å². The summed E-state index contributed by atoms with van der Waals surface area (Å²) in [5, 5.41) is 1.26. The van der Waals surface area contributed by atoms with E-state index in [9.17, 15) is 0 Å². The van der Waals surface area contributed by atoms with Gasteiger partial charge in [-0.15, -0.1) is 0 Å². The maximum Gasteiger partial charge on any atom is 0.163 e. The van der Waals surface area contributed by atoms with Crippen LogP contribution in [0, 0.1) is 0 Å². The van der Waals surface area contributed by atoms with Crippen LogP contribution in [0.25, 0.3) is 17.0 Å². The Balaban J connectivity index is 2.02. The lowest BCUT2D eigenvalue weighted by atomic mass is 9.94. The molecule has 4 rings (SSSR count). The van der Waals surface area contributed by atoms with E-state index in [1.165, 1.54) is 22.0 Å². The summed E-state index contributed by atoms with van der Waals surface area (Å²) in [6.07, 6.45) is 10.1. The van der Waals surface area contributed by atoms with Crippen molar-refractivity contribution in [3.63, 3.8) is 0 Å². The molecule has 2 aliphatic rings.